The molecule has 0 spiro atoms. The van der Waals surface area contributed by atoms with Crippen LogP contribution in [0.3, 0.4) is 0 Å². The zero-order valence-electron chi connectivity index (χ0n) is 9.45. The van der Waals surface area contributed by atoms with Crippen LogP contribution in [0, 0.1) is 9.62 Å². The van der Waals surface area contributed by atoms with Crippen LogP contribution in [0.1, 0.15) is 6.42 Å². The average Bonchev–Trinajstić information content (AvgIpc) is 2.96. The molecule has 7 heteroatoms. The third-order valence-electron chi connectivity index (χ3n) is 3.17. The molecule has 94 valence electrons. The fourth-order valence-corrected chi connectivity index (χ4v) is 2.67. The minimum absolute atomic E-state index is 0.288. The van der Waals surface area contributed by atoms with Gasteiger partial charge in [0.05, 0.1) is 12.1 Å². The second-order valence-corrected chi connectivity index (χ2v) is 5.42. The van der Waals surface area contributed by atoms with Crippen LogP contribution < -0.4 is 4.90 Å². The van der Waals surface area contributed by atoms with Gasteiger partial charge in [-0.3, -0.25) is 4.79 Å². The lowest BCUT2D eigenvalue weighted by Crippen LogP contribution is -2.24. The number of carboxylic acid groups (broad SMARTS) is 1. The van der Waals surface area contributed by atoms with E-state index in [2.05, 4.69) is 32.7 Å². The van der Waals surface area contributed by atoms with Gasteiger partial charge in [0.2, 0.25) is 0 Å². The van der Waals surface area contributed by atoms with Crippen molar-refractivity contribution in [3.05, 3.63) is 22.0 Å². The van der Waals surface area contributed by atoms with E-state index in [9.17, 15) is 4.79 Å². The first-order valence-corrected chi connectivity index (χ1v) is 6.71. The molecule has 0 amide bonds. The lowest BCUT2D eigenvalue weighted by Gasteiger charge is -2.16. The second kappa shape index (κ2) is 4.38. The van der Waals surface area contributed by atoms with Crippen LogP contribution in [-0.4, -0.2) is 38.8 Å². The topological polar surface area (TPSA) is 70.7 Å². The summed E-state index contributed by atoms with van der Waals surface area (Å²) in [5.41, 5.74) is 0.803. The van der Waals surface area contributed by atoms with E-state index in [0.29, 0.717) is 13.0 Å². The van der Waals surface area contributed by atoms with Crippen molar-refractivity contribution in [1.82, 2.24) is 14.6 Å². The highest BCUT2D eigenvalue weighted by Gasteiger charge is 2.28. The number of aliphatic carboxylic acids is 1. The number of nitrogens with zero attached hydrogens (tertiary/aromatic N) is 4. The highest BCUT2D eigenvalue weighted by molar-refractivity contribution is 14.1. The van der Waals surface area contributed by atoms with Gasteiger partial charge in [0, 0.05) is 13.1 Å². The second-order valence-electron chi connectivity index (χ2n) is 4.31. The van der Waals surface area contributed by atoms with Crippen molar-refractivity contribution in [3.63, 3.8) is 0 Å². The number of hydrogen-bond acceptors (Lipinski definition) is 4. The summed E-state index contributed by atoms with van der Waals surface area (Å²) in [4.78, 5) is 17.2. The van der Waals surface area contributed by atoms with Gasteiger partial charge < -0.3 is 10.0 Å². The van der Waals surface area contributed by atoms with Crippen LogP contribution in [0.15, 0.2) is 18.3 Å². The fourth-order valence-electron chi connectivity index (χ4n) is 2.17. The number of hydrogen-bond donors (Lipinski definition) is 1. The predicted octanol–water partition coefficient (Wildman–Crippen LogP) is 1.24. The molecule has 18 heavy (non-hydrogen) atoms. The third kappa shape index (κ3) is 1.92. The zero-order chi connectivity index (χ0) is 12.7. The Bertz CT molecular complexity index is 612. The number of anilines is 1. The van der Waals surface area contributed by atoms with Gasteiger partial charge in [0.1, 0.15) is 9.52 Å². The highest BCUT2D eigenvalue weighted by atomic mass is 127. The first kappa shape index (κ1) is 11.7. The third-order valence-corrected chi connectivity index (χ3v) is 3.90. The standard InChI is InChI=1S/C11H11IN4O2/c12-8-5-13-9-1-2-10(14-16(8)9)15-4-3-7(6-15)11(17)18/h1-2,5,7H,3-4,6H2,(H,17,18). The Balaban J connectivity index is 1.91. The molecule has 0 aliphatic carbocycles. The Morgan fingerprint density at radius 3 is 3.06 bits per heavy atom. The summed E-state index contributed by atoms with van der Waals surface area (Å²) in [6.07, 6.45) is 2.44. The molecule has 1 aliphatic rings. The molecule has 3 heterocycles. The Morgan fingerprint density at radius 1 is 1.50 bits per heavy atom. The van der Waals surface area contributed by atoms with Gasteiger partial charge >= 0.3 is 5.97 Å². The number of carbonyl (C=O) groups is 1. The van der Waals surface area contributed by atoms with E-state index >= 15 is 0 Å². The van der Waals surface area contributed by atoms with Crippen molar-refractivity contribution >= 4 is 40.0 Å². The van der Waals surface area contributed by atoms with E-state index in [1.807, 2.05) is 17.0 Å². The SMILES string of the molecule is O=C(O)C1CCN(c2ccc3ncc(I)n3n2)C1. The molecule has 0 bridgehead atoms. The molecule has 0 radical (unpaired) electrons. The van der Waals surface area contributed by atoms with Crippen LogP contribution in [-0.2, 0) is 4.79 Å². The highest BCUT2D eigenvalue weighted by Crippen LogP contribution is 2.22. The molecule has 2 aromatic heterocycles. The predicted molar refractivity (Wildman–Crippen MR) is 73.7 cm³/mol. The number of imidazole rings is 1. The summed E-state index contributed by atoms with van der Waals surface area (Å²) in [6, 6.07) is 3.79. The smallest absolute Gasteiger partial charge is 0.308 e. The summed E-state index contributed by atoms with van der Waals surface area (Å²) in [7, 11) is 0. The minimum atomic E-state index is -0.726. The van der Waals surface area contributed by atoms with Crippen LogP contribution in [0.25, 0.3) is 5.65 Å². The van der Waals surface area contributed by atoms with Crippen molar-refractivity contribution in [3.8, 4) is 0 Å². The van der Waals surface area contributed by atoms with E-state index < -0.39 is 5.97 Å². The number of carboxylic acids is 1. The molecular formula is C11H11IN4O2. The molecule has 1 N–H and O–H groups in total. The maximum atomic E-state index is 10.9. The minimum Gasteiger partial charge on any atom is -0.481 e. The van der Waals surface area contributed by atoms with E-state index in [1.165, 1.54) is 0 Å². The Morgan fingerprint density at radius 2 is 2.33 bits per heavy atom. The van der Waals surface area contributed by atoms with E-state index in [-0.39, 0.29) is 5.92 Å². The molecule has 1 aliphatic heterocycles. The first-order chi connectivity index (χ1) is 8.65. The molecule has 1 unspecified atom stereocenters. The maximum Gasteiger partial charge on any atom is 0.308 e. The molecule has 6 nitrogen and oxygen atoms in total. The summed E-state index contributed by atoms with van der Waals surface area (Å²) in [5, 5.41) is 13.5. The summed E-state index contributed by atoms with van der Waals surface area (Å²) < 4.78 is 2.71. The molecular weight excluding hydrogens is 347 g/mol. The van der Waals surface area contributed by atoms with Gasteiger partial charge in [0.15, 0.2) is 5.65 Å². The molecule has 0 aromatic carbocycles. The van der Waals surface area contributed by atoms with Crippen LogP contribution in [0.2, 0.25) is 0 Å². The van der Waals surface area contributed by atoms with E-state index in [0.717, 1.165) is 21.7 Å². The van der Waals surface area contributed by atoms with Gasteiger partial charge in [-0.1, -0.05) is 0 Å². The number of halogens is 1. The summed E-state index contributed by atoms with van der Waals surface area (Å²) >= 11 is 2.17. The van der Waals surface area contributed by atoms with Gasteiger partial charge in [-0.05, 0) is 41.1 Å². The van der Waals surface area contributed by atoms with Crippen LogP contribution in [0.5, 0.6) is 0 Å². The van der Waals surface area contributed by atoms with Crippen molar-refractivity contribution < 1.29 is 9.90 Å². The van der Waals surface area contributed by atoms with Crippen LogP contribution in [0.4, 0.5) is 5.82 Å². The lowest BCUT2D eigenvalue weighted by molar-refractivity contribution is -0.140. The normalized spacial score (nSPS) is 19.6. The number of aromatic nitrogens is 3. The lowest BCUT2D eigenvalue weighted by atomic mass is 10.1. The maximum absolute atomic E-state index is 10.9. The Labute approximate surface area is 117 Å². The fraction of sp³-hybridized carbons (Fsp3) is 0.364. The average molecular weight is 358 g/mol. The number of fused-ring (bicyclic) bond motifs is 1. The monoisotopic (exact) mass is 358 g/mol. The largest absolute Gasteiger partial charge is 0.481 e. The molecule has 1 atom stereocenters. The molecule has 1 fully saturated rings. The molecule has 2 aromatic rings. The Hall–Kier alpha value is -1.38. The Kier molecular flexibility index (Phi) is 2.84. The van der Waals surface area contributed by atoms with Gasteiger partial charge in [0.25, 0.3) is 0 Å². The summed E-state index contributed by atoms with van der Waals surface area (Å²) in [5.74, 6) is -0.206. The summed E-state index contributed by atoms with van der Waals surface area (Å²) in [6.45, 7) is 1.26. The van der Waals surface area contributed by atoms with Crippen molar-refractivity contribution in [2.75, 3.05) is 18.0 Å². The van der Waals surface area contributed by atoms with Crippen molar-refractivity contribution in [2.45, 2.75) is 6.42 Å². The molecule has 3 rings (SSSR count). The van der Waals surface area contributed by atoms with Crippen molar-refractivity contribution in [2.24, 2.45) is 5.92 Å². The van der Waals surface area contributed by atoms with E-state index in [4.69, 9.17) is 5.11 Å². The quantitative estimate of drug-likeness (QED) is 0.819. The van der Waals surface area contributed by atoms with E-state index in [1.54, 1.807) is 10.7 Å². The van der Waals surface area contributed by atoms with Gasteiger partial charge in [-0.25, -0.2) is 9.50 Å². The zero-order valence-corrected chi connectivity index (χ0v) is 11.6. The molecule has 0 saturated carbocycles. The van der Waals surface area contributed by atoms with Gasteiger partial charge in [-0.15, -0.1) is 5.10 Å². The van der Waals surface area contributed by atoms with Crippen molar-refractivity contribution in [1.29, 1.82) is 0 Å². The first-order valence-electron chi connectivity index (χ1n) is 5.63. The van der Waals surface area contributed by atoms with Gasteiger partial charge in [-0.2, -0.15) is 0 Å². The molecule has 1 saturated heterocycles. The number of rotatable bonds is 2. The van der Waals surface area contributed by atoms with Crippen LogP contribution >= 0.6 is 22.6 Å².